The summed E-state index contributed by atoms with van der Waals surface area (Å²) in [6.45, 7) is 1.76. The van der Waals surface area contributed by atoms with E-state index in [0.29, 0.717) is 12.1 Å². The van der Waals surface area contributed by atoms with Gasteiger partial charge in [0.1, 0.15) is 11.7 Å². The molecule has 0 saturated carbocycles. The number of rotatable bonds is 5. The van der Waals surface area contributed by atoms with Gasteiger partial charge >= 0.3 is 5.97 Å². The Hall–Kier alpha value is -2.80. The minimum atomic E-state index is -0.764. The van der Waals surface area contributed by atoms with Crippen molar-refractivity contribution >= 4 is 34.9 Å². The normalized spacial score (nSPS) is 11.6. The number of anilines is 2. The van der Waals surface area contributed by atoms with Crippen LogP contribution in [0.15, 0.2) is 41.3 Å². The van der Waals surface area contributed by atoms with Gasteiger partial charge in [-0.05, 0) is 36.8 Å². The second kappa shape index (κ2) is 7.85. The Morgan fingerprint density at radius 3 is 2.68 bits per heavy atom. The number of carbonyl (C=O) groups excluding carboxylic acids is 2. The van der Waals surface area contributed by atoms with E-state index in [2.05, 4.69) is 5.32 Å². The highest BCUT2D eigenvalue weighted by Gasteiger charge is 2.21. The summed E-state index contributed by atoms with van der Waals surface area (Å²) in [5, 5.41) is 2.77. The van der Waals surface area contributed by atoms with E-state index in [4.69, 9.17) is 22.1 Å². The van der Waals surface area contributed by atoms with Crippen LogP contribution in [0.2, 0.25) is 5.02 Å². The molecule has 0 aliphatic heterocycles. The molecular weight excluding hydrogens is 346 g/mol. The van der Waals surface area contributed by atoms with Crippen LogP contribution in [0.1, 0.15) is 29.7 Å². The molecule has 1 aromatic carbocycles. The van der Waals surface area contributed by atoms with Gasteiger partial charge in [-0.15, -0.1) is 0 Å². The zero-order chi connectivity index (χ0) is 18.6. The Labute approximate surface area is 149 Å². The van der Waals surface area contributed by atoms with Gasteiger partial charge in [0, 0.05) is 11.8 Å². The van der Waals surface area contributed by atoms with Gasteiger partial charge < -0.3 is 15.8 Å². The summed E-state index contributed by atoms with van der Waals surface area (Å²) < 4.78 is 5.95. The van der Waals surface area contributed by atoms with Crippen LogP contribution < -0.4 is 16.6 Å². The van der Waals surface area contributed by atoms with Crippen molar-refractivity contribution in [2.24, 2.45) is 0 Å². The minimum absolute atomic E-state index is 0.0443. The number of pyridine rings is 1. The maximum absolute atomic E-state index is 12.6. The number of hydrogen-bond donors (Lipinski definition) is 2. The van der Waals surface area contributed by atoms with E-state index >= 15 is 0 Å². The Morgan fingerprint density at radius 1 is 1.36 bits per heavy atom. The lowest BCUT2D eigenvalue weighted by Gasteiger charge is -2.16. The fourth-order valence-corrected chi connectivity index (χ4v) is 2.51. The number of nitrogens with one attached hydrogen (secondary N) is 1. The van der Waals surface area contributed by atoms with Crippen molar-refractivity contribution in [2.75, 3.05) is 18.2 Å². The quantitative estimate of drug-likeness (QED) is 0.627. The lowest BCUT2D eigenvalue weighted by Crippen LogP contribution is -2.32. The lowest BCUT2D eigenvalue weighted by atomic mass is 10.2. The van der Waals surface area contributed by atoms with Gasteiger partial charge in [0.2, 0.25) is 0 Å². The Kier molecular flexibility index (Phi) is 5.82. The smallest absolute Gasteiger partial charge is 0.328 e. The predicted octanol–water partition coefficient (Wildman–Crippen LogP) is 2.46. The van der Waals surface area contributed by atoms with Crippen LogP contribution >= 0.6 is 11.6 Å². The van der Waals surface area contributed by atoms with Gasteiger partial charge in [0.15, 0.2) is 0 Å². The molecule has 0 bridgehead atoms. The predicted molar refractivity (Wildman–Crippen MR) is 95.9 cm³/mol. The summed E-state index contributed by atoms with van der Waals surface area (Å²) in [6, 6.07) is 6.68. The van der Waals surface area contributed by atoms with Crippen LogP contribution in [0.5, 0.6) is 0 Å². The van der Waals surface area contributed by atoms with Crippen LogP contribution in [-0.4, -0.2) is 23.6 Å². The molecule has 1 unspecified atom stereocenters. The first-order valence-electron chi connectivity index (χ1n) is 7.54. The third-order valence-electron chi connectivity index (χ3n) is 3.68. The minimum Gasteiger partial charge on any atom is -0.467 e. The van der Waals surface area contributed by atoms with Gasteiger partial charge in [-0.3, -0.25) is 14.2 Å². The number of aromatic nitrogens is 1. The molecular formula is C17H18ClN3O4. The molecule has 8 heteroatoms. The molecule has 3 N–H and O–H groups in total. The zero-order valence-corrected chi connectivity index (χ0v) is 14.5. The summed E-state index contributed by atoms with van der Waals surface area (Å²) in [6.07, 6.45) is 1.85. The molecule has 2 rings (SSSR count). The third kappa shape index (κ3) is 4.00. The number of ether oxygens (including phenoxy) is 1. The molecule has 0 spiro atoms. The first-order chi connectivity index (χ1) is 11.9. The van der Waals surface area contributed by atoms with Gasteiger partial charge in [0.25, 0.3) is 11.5 Å². The molecule has 1 heterocycles. The fourth-order valence-electron chi connectivity index (χ4n) is 2.33. The fraction of sp³-hybridized carbons (Fsp3) is 0.235. The SMILES string of the molecule is CCC(C(=O)OC)n1cccc(NC(=O)c2ccc(N)c(Cl)c2)c1=O. The average Bonchev–Trinajstić information content (AvgIpc) is 2.60. The molecule has 1 atom stereocenters. The number of halogens is 1. The van der Waals surface area contributed by atoms with Crippen LogP contribution in [0, 0.1) is 0 Å². The number of esters is 1. The average molecular weight is 364 g/mol. The Morgan fingerprint density at radius 2 is 2.08 bits per heavy atom. The molecule has 0 aliphatic carbocycles. The van der Waals surface area contributed by atoms with Crippen molar-refractivity contribution in [2.45, 2.75) is 19.4 Å². The molecule has 1 amide bonds. The van der Waals surface area contributed by atoms with E-state index in [1.807, 2.05) is 0 Å². The van der Waals surface area contributed by atoms with Crippen molar-refractivity contribution in [1.82, 2.24) is 4.57 Å². The number of benzene rings is 1. The van der Waals surface area contributed by atoms with E-state index in [1.165, 1.54) is 42.1 Å². The summed E-state index contributed by atoms with van der Waals surface area (Å²) in [7, 11) is 1.26. The summed E-state index contributed by atoms with van der Waals surface area (Å²) in [5.74, 6) is -1.04. The number of nitrogens with zero attached hydrogens (tertiary/aromatic N) is 1. The third-order valence-corrected chi connectivity index (χ3v) is 4.01. The van der Waals surface area contributed by atoms with Crippen molar-refractivity contribution in [3.8, 4) is 0 Å². The van der Waals surface area contributed by atoms with E-state index in [0.717, 1.165) is 0 Å². The maximum atomic E-state index is 12.6. The van der Waals surface area contributed by atoms with E-state index in [-0.39, 0.29) is 16.3 Å². The van der Waals surface area contributed by atoms with Gasteiger partial charge in [0.05, 0.1) is 17.8 Å². The number of nitrogens with two attached hydrogens (primary N) is 1. The number of hydrogen-bond acceptors (Lipinski definition) is 5. The first kappa shape index (κ1) is 18.5. The highest BCUT2D eigenvalue weighted by atomic mass is 35.5. The molecule has 132 valence electrons. The number of methoxy groups -OCH3 is 1. The first-order valence-corrected chi connectivity index (χ1v) is 7.92. The standard InChI is InChI=1S/C17H18ClN3O4/c1-3-14(17(24)25-2)21-8-4-5-13(16(21)23)20-15(22)10-6-7-12(19)11(18)9-10/h4-9,14H,3,19H2,1-2H3,(H,20,22). The topological polar surface area (TPSA) is 103 Å². The van der Waals surface area contributed by atoms with Gasteiger partial charge in [-0.2, -0.15) is 0 Å². The molecule has 0 aliphatic rings. The second-order valence-electron chi connectivity index (χ2n) is 5.27. The van der Waals surface area contributed by atoms with Crippen molar-refractivity contribution in [3.63, 3.8) is 0 Å². The summed E-state index contributed by atoms with van der Waals surface area (Å²) in [4.78, 5) is 36.7. The second-order valence-corrected chi connectivity index (χ2v) is 5.68. The largest absolute Gasteiger partial charge is 0.467 e. The Bertz CT molecular complexity index is 863. The molecule has 0 fully saturated rings. The molecule has 0 saturated heterocycles. The van der Waals surface area contributed by atoms with Crippen molar-refractivity contribution < 1.29 is 14.3 Å². The van der Waals surface area contributed by atoms with Crippen LogP contribution in [0.3, 0.4) is 0 Å². The number of nitrogen functional groups attached to an aromatic ring is 1. The highest BCUT2D eigenvalue weighted by molar-refractivity contribution is 6.33. The van der Waals surface area contributed by atoms with Crippen molar-refractivity contribution in [1.29, 1.82) is 0 Å². The molecule has 7 nitrogen and oxygen atoms in total. The van der Waals surface area contributed by atoms with Crippen molar-refractivity contribution in [3.05, 3.63) is 57.5 Å². The van der Waals surface area contributed by atoms with Gasteiger partial charge in [-0.25, -0.2) is 4.79 Å². The van der Waals surface area contributed by atoms with Crippen LogP contribution in [0.4, 0.5) is 11.4 Å². The van der Waals surface area contributed by atoms with E-state index in [1.54, 1.807) is 13.0 Å². The van der Waals surface area contributed by atoms with Crippen LogP contribution in [0.25, 0.3) is 0 Å². The van der Waals surface area contributed by atoms with E-state index in [9.17, 15) is 14.4 Å². The zero-order valence-electron chi connectivity index (χ0n) is 13.8. The lowest BCUT2D eigenvalue weighted by molar-refractivity contribution is -0.144. The number of amides is 1. The highest BCUT2D eigenvalue weighted by Crippen LogP contribution is 2.20. The molecule has 0 radical (unpaired) electrons. The summed E-state index contributed by atoms with van der Waals surface area (Å²) in [5.41, 5.74) is 5.76. The van der Waals surface area contributed by atoms with Crippen LogP contribution in [-0.2, 0) is 9.53 Å². The molecule has 25 heavy (non-hydrogen) atoms. The Balaban J connectivity index is 2.33. The monoisotopic (exact) mass is 363 g/mol. The maximum Gasteiger partial charge on any atom is 0.328 e. The van der Waals surface area contributed by atoms with E-state index < -0.39 is 23.5 Å². The molecule has 1 aromatic heterocycles. The molecule has 2 aromatic rings. The van der Waals surface area contributed by atoms with Gasteiger partial charge in [-0.1, -0.05) is 18.5 Å². The summed E-state index contributed by atoms with van der Waals surface area (Å²) >= 11 is 5.91. The number of carbonyl (C=O) groups is 2.